The van der Waals surface area contributed by atoms with E-state index in [0.717, 1.165) is 30.7 Å². The minimum Gasteiger partial charge on any atom is -0.450 e. The van der Waals surface area contributed by atoms with Crippen molar-refractivity contribution in [3.8, 4) is 0 Å². The molecule has 1 aliphatic heterocycles. The fraction of sp³-hybridized carbons (Fsp3) is 0.348. The molecule has 1 fully saturated rings. The number of nitrogens with zero attached hydrogens (tertiary/aromatic N) is 1. The Labute approximate surface area is 165 Å². The predicted octanol–water partition coefficient (Wildman–Crippen LogP) is 5.49. The lowest BCUT2D eigenvalue weighted by atomic mass is 9.86. The molecule has 0 radical (unpaired) electrons. The topological polar surface area (TPSA) is 29.5 Å². The van der Waals surface area contributed by atoms with Gasteiger partial charge in [0.15, 0.2) is 0 Å². The standard InChI is InChI=1S/C23H24ClNO2/c1-2-27-23(26)25-13-11-17(12-14-25)22-20-6-4-3-5-16(20)7-8-18-15-19(24)9-10-21(18)22/h3-6,9-10,15H,2,7-8,11-14H2,1H3. The van der Waals surface area contributed by atoms with Gasteiger partial charge in [-0.05, 0) is 72.6 Å². The quantitative estimate of drug-likeness (QED) is 0.653. The van der Waals surface area contributed by atoms with E-state index in [1.807, 2.05) is 17.9 Å². The first kappa shape index (κ1) is 18.1. The summed E-state index contributed by atoms with van der Waals surface area (Å²) < 4.78 is 5.16. The summed E-state index contributed by atoms with van der Waals surface area (Å²) in [7, 11) is 0. The molecule has 0 saturated carbocycles. The molecule has 2 aliphatic rings. The zero-order valence-corrected chi connectivity index (χ0v) is 16.4. The van der Waals surface area contributed by atoms with E-state index in [2.05, 4.69) is 36.4 Å². The van der Waals surface area contributed by atoms with Gasteiger partial charge in [-0.15, -0.1) is 0 Å². The maximum Gasteiger partial charge on any atom is 0.409 e. The molecule has 2 aromatic rings. The van der Waals surface area contributed by atoms with Gasteiger partial charge in [0.1, 0.15) is 0 Å². The first-order chi connectivity index (χ1) is 13.2. The van der Waals surface area contributed by atoms with Gasteiger partial charge in [0, 0.05) is 18.1 Å². The number of halogens is 1. The van der Waals surface area contributed by atoms with Crippen molar-refractivity contribution in [2.75, 3.05) is 19.7 Å². The molecule has 27 heavy (non-hydrogen) atoms. The lowest BCUT2D eigenvalue weighted by molar-refractivity contribution is 0.104. The van der Waals surface area contributed by atoms with Crippen molar-refractivity contribution in [3.05, 3.63) is 75.3 Å². The number of likely N-dealkylation sites (tertiary alicyclic amines) is 1. The molecule has 4 heteroatoms. The van der Waals surface area contributed by atoms with Crippen LogP contribution in [0.2, 0.25) is 5.02 Å². The lowest BCUT2D eigenvalue weighted by Crippen LogP contribution is -2.37. The smallest absolute Gasteiger partial charge is 0.409 e. The third-order valence-electron chi connectivity index (χ3n) is 5.53. The van der Waals surface area contributed by atoms with Crippen molar-refractivity contribution in [1.29, 1.82) is 0 Å². The summed E-state index contributed by atoms with van der Waals surface area (Å²) in [5, 5.41) is 0.793. The van der Waals surface area contributed by atoms with Crippen molar-refractivity contribution in [2.45, 2.75) is 32.6 Å². The van der Waals surface area contributed by atoms with Crippen LogP contribution in [0.4, 0.5) is 4.79 Å². The maximum atomic E-state index is 12.0. The molecule has 1 heterocycles. The molecule has 0 N–H and O–H groups in total. The molecular formula is C23H24ClNO2. The number of fused-ring (bicyclic) bond motifs is 2. The van der Waals surface area contributed by atoms with E-state index in [1.165, 1.54) is 33.4 Å². The van der Waals surface area contributed by atoms with Crippen LogP contribution in [0.3, 0.4) is 0 Å². The van der Waals surface area contributed by atoms with Crippen molar-refractivity contribution >= 4 is 23.3 Å². The van der Waals surface area contributed by atoms with Crippen molar-refractivity contribution in [2.24, 2.45) is 0 Å². The van der Waals surface area contributed by atoms with Crippen LogP contribution in [0.25, 0.3) is 5.57 Å². The lowest BCUT2D eigenvalue weighted by Gasteiger charge is -2.30. The molecule has 0 bridgehead atoms. The van der Waals surface area contributed by atoms with Crippen LogP contribution in [-0.2, 0) is 17.6 Å². The van der Waals surface area contributed by atoms with Crippen LogP contribution in [0, 0.1) is 0 Å². The monoisotopic (exact) mass is 381 g/mol. The highest BCUT2D eigenvalue weighted by atomic mass is 35.5. The average molecular weight is 382 g/mol. The number of carbonyl (C=O) groups excluding carboxylic acids is 1. The van der Waals surface area contributed by atoms with E-state index in [-0.39, 0.29) is 6.09 Å². The third-order valence-corrected chi connectivity index (χ3v) is 5.77. The number of rotatable bonds is 1. The Morgan fingerprint density at radius 1 is 1.00 bits per heavy atom. The summed E-state index contributed by atoms with van der Waals surface area (Å²) in [6, 6.07) is 15.0. The van der Waals surface area contributed by atoms with Gasteiger partial charge in [0.05, 0.1) is 6.61 Å². The van der Waals surface area contributed by atoms with Crippen molar-refractivity contribution in [3.63, 3.8) is 0 Å². The molecule has 3 nitrogen and oxygen atoms in total. The SMILES string of the molecule is CCOC(=O)N1CCC(=C2c3ccccc3CCc3cc(Cl)ccc32)CC1. The molecule has 1 aliphatic carbocycles. The zero-order chi connectivity index (χ0) is 18.8. The van der Waals surface area contributed by atoms with Crippen LogP contribution < -0.4 is 0 Å². The second-order valence-electron chi connectivity index (χ2n) is 7.12. The fourth-order valence-electron chi connectivity index (χ4n) is 4.21. The van der Waals surface area contributed by atoms with Gasteiger partial charge >= 0.3 is 6.09 Å². The van der Waals surface area contributed by atoms with Crippen molar-refractivity contribution in [1.82, 2.24) is 4.90 Å². The Bertz CT molecular complexity index is 893. The summed E-state index contributed by atoms with van der Waals surface area (Å²) in [6.07, 6.45) is 3.58. The number of aryl methyl sites for hydroxylation is 2. The van der Waals surface area contributed by atoms with Crippen LogP contribution in [-0.4, -0.2) is 30.7 Å². The number of carbonyl (C=O) groups is 1. The molecule has 140 valence electrons. The molecule has 0 unspecified atom stereocenters. The molecule has 2 aromatic carbocycles. The largest absolute Gasteiger partial charge is 0.450 e. The van der Waals surface area contributed by atoms with Gasteiger partial charge in [0.2, 0.25) is 0 Å². The average Bonchev–Trinajstić information content (AvgIpc) is 2.85. The number of amides is 1. The van der Waals surface area contributed by atoms with Gasteiger partial charge in [-0.1, -0.05) is 47.5 Å². The summed E-state index contributed by atoms with van der Waals surface area (Å²) in [6.45, 7) is 3.69. The van der Waals surface area contributed by atoms with Gasteiger partial charge in [-0.2, -0.15) is 0 Å². The normalized spacial score (nSPS) is 16.4. The Kier molecular flexibility index (Phi) is 5.22. The highest BCUT2D eigenvalue weighted by Gasteiger charge is 2.26. The molecule has 4 rings (SSSR count). The Morgan fingerprint density at radius 3 is 2.48 bits per heavy atom. The van der Waals surface area contributed by atoms with E-state index in [9.17, 15) is 4.79 Å². The summed E-state index contributed by atoms with van der Waals surface area (Å²) in [5.74, 6) is 0. The molecular weight excluding hydrogens is 358 g/mol. The van der Waals surface area contributed by atoms with Crippen LogP contribution in [0.5, 0.6) is 0 Å². The first-order valence-electron chi connectivity index (χ1n) is 9.68. The minimum atomic E-state index is -0.199. The number of ether oxygens (including phenoxy) is 1. The number of benzene rings is 2. The number of piperidine rings is 1. The van der Waals surface area contributed by atoms with Crippen LogP contribution in [0.1, 0.15) is 42.0 Å². The molecule has 1 saturated heterocycles. The van der Waals surface area contributed by atoms with Crippen LogP contribution >= 0.6 is 11.6 Å². The van der Waals surface area contributed by atoms with E-state index in [0.29, 0.717) is 19.7 Å². The summed E-state index contributed by atoms with van der Waals surface area (Å²) >= 11 is 6.28. The maximum absolute atomic E-state index is 12.0. The number of hydrogen-bond acceptors (Lipinski definition) is 2. The first-order valence-corrected chi connectivity index (χ1v) is 10.1. The second kappa shape index (κ2) is 7.77. The molecule has 0 atom stereocenters. The zero-order valence-electron chi connectivity index (χ0n) is 15.6. The molecule has 1 amide bonds. The predicted molar refractivity (Wildman–Crippen MR) is 109 cm³/mol. The highest BCUT2D eigenvalue weighted by Crippen LogP contribution is 2.39. The van der Waals surface area contributed by atoms with Crippen molar-refractivity contribution < 1.29 is 9.53 Å². The molecule has 0 spiro atoms. The number of hydrogen-bond donors (Lipinski definition) is 0. The highest BCUT2D eigenvalue weighted by molar-refractivity contribution is 6.30. The second-order valence-corrected chi connectivity index (χ2v) is 7.56. The van der Waals surface area contributed by atoms with Crippen LogP contribution in [0.15, 0.2) is 48.0 Å². The van der Waals surface area contributed by atoms with Gasteiger partial charge in [0.25, 0.3) is 0 Å². The third kappa shape index (κ3) is 3.61. The minimum absolute atomic E-state index is 0.199. The van der Waals surface area contributed by atoms with Gasteiger partial charge in [-0.3, -0.25) is 0 Å². The van der Waals surface area contributed by atoms with E-state index in [1.54, 1.807) is 0 Å². The Balaban J connectivity index is 1.76. The summed E-state index contributed by atoms with van der Waals surface area (Å²) in [4.78, 5) is 13.9. The Morgan fingerprint density at radius 2 is 1.70 bits per heavy atom. The van der Waals surface area contributed by atoms with Gasteiger partial charge < -0.3 is 9.64 Å². The summed E-state index contributed by atoms with van der Waals surface area (Å²) in [5.41, 5.74) is 8.10. The fourth-order valence-corrected chi connectivity index (χ4v) is 4.41. The van der Waals surface area contributed by atoms with E-state index >= 15 is 0 Å². The molecule has 0 aromatic heterocycles. The van der Waals surface area contributed by atoms with E-state index in [4.69, 9.17) is 16.3 Å². The Hall–Kier alpha value is -2.26. The van der Waals surface area contributed by atoms with Gasteiger partial charge in [-0.25, -0.2) is 4.79 Å². The van der Waals surface area contributed by atoms with E-state index < -0.39 is 0 Å².